The van der Waals surface area contributed by atoms with Crippen molar-refractivity contribution < 1.29 is 24.1 Å². The van der Waals surface area contributed by atoms with Crippen molar-refractivity contribution in [3.8, 4) is 0 Å². The SMILES string of the molecule is COC1=C2O[C@H]3C4(CCC5(O)[C@H]6CC(C=C1)C2C35CCN6C)O[C@H](C)C[C@@H](C)O4. The molecule has 3 saturated heterocycles. The number of likely N-dealkylation sites (N-methyl/N-ethyl adjacent to an activating group) is 1. The number of allylic oxidation sites excluding steroid dienone is 3. The molecule has 3 heterocycles. The maximum atomic E-state index is 12.4. The lowest BCUT2D eigenvalue weighted by molar-refractivity contribution is -0.397. The Morgan fingerprint density at radius 1 is 1.14 bits per heavy atom. The second-order valence-electron chi connectivity index (χ2n) is 10.3. The number of nitrogens with zero attached hydrogens (tertiary/aromatic N) is 1. The molecule has 3 aliphatic carbocycles. The van der Waals surface area contributed by atoms with E-state index in [2.05, 4.69) is 37.9 Å². The zero-order chi connectivity index (χ0) is 20.2. The molecule has 8 atom stereocenters. The highest BCUT2D eigenvalue weighted by molar-refractivity contribution is 5.39. The summed E-state index contributed by atoms with van der Waals surface area (Å²) in [6.07, 6.45) is 8.32. The van der Waals surface area contributed by atoms with Crippen molar-refractivity contribution in [3.05, 3.63) is 23.7 Å². The van der Waals surface area contributed by atoms with Crippen molar-refractivity contribution in [3.63, 3.8) is 0 Å². The Hall–Kier alpha value is -1.08. The number of methoxy groups -OCH3 is 1. The summed E-state index contributed by atoms with van der Waals surface area (Å²) in [6.45, 7) is 5.21. The molecule has 29 heavy (non-hydrogen) atoms. The average Bonchev–Trinajstić information content (AvgIpc) is 3.03. The van der Waals surface area contributed by atoms with E-state index in [0.717, 1.165) is 37.3 Å². The van der Waals surface area contributed by atoms with Crippen LogP contribution in [0, 0.1) is 17.3 Å². The minimum absolute atomic E-state index is 0.114. The zero-order valence-electron chi connectivity index (χ0n) is 17.9. The van der Waals surface area contributed by atoms with Gasteiger partial charge in [-0.25, -0.2) is 0 Å². The summed E-state index contributed by atoms with van der Waals surface area (Å²) in [5.41, 5.74) is -1.22. The average molecular weight is 404 g/mol. The summed E-state index contributed by atoms with van der Waals surface area (Å²) in [6, 6.07) is 0.132. The van der Waals surface area contributed by atoms with Gasteiger partial charge in [0.15, 0.2) is 11.9 Å². The van der Waals surface area contributed by atoms with E-state index >= 15 is 0 Å². The van der Waals surface area contributed by atoms with Gasteiger partial charge < -0.3 is 29.0 Å². The van der Waals surface area contributed by atoms with Gasteiger partial charge >= 0.3 is 0 Å². The lowest BCUT2D eigenvalue weighted by Crippen LogP contribution is -2.79. The smallest absolute Gasteiger partial charge is 0.207 e. The van der Waals surface area contributed by atoms with E-state index in [1.165, 1.54) is 0 Å². The molecule has 160 valence electrons. The van der Waals surface area contributed by atoms with E-state index in [0.29, 0.717) is 18.8 Å². The standard InChI is InChI=1S/C23H33NO5/c1-13-11-14(2)29-23(28-13)8-7-22(25)17-12-15-5-6-16(26-4)19-18(15)21(22,20(23)27-19)9-10-24(17)3/h5-6,13-15,17-18,20,25H,7-12H2,1-4H3/t13-,14-,15?,17-,18?,20-,21?,22?/m1/s1. The number of ether oxygens (including phenoxy) is 4. The van der Waals surface area contributed by atoms with Crippen LogP contribution in [0.5, 0.6) is 0 Å². The molecule has 6 aliphatic rings. The van der Waals surface area contributed by atoms with E-state index in [9.17, 15) is 5.11 Å². The molecule has 4 unspecified atom stereocenters. The number of piperidine rings is 1. The first-order valence-corrected chi connectivity index (χ1v) is 11.3. The molecule has 2 bridgehead atoms. The Morgan fingerprint density at radius 3 is 2.62 bits per heavy atom. The van der Waals surface area contributed by atoms with Crippen LogP contribution in [-0.4, -0.2) is 66.5 Å². The van der Waals surface area contributed by atoms with Crippen molar-refractivity contribution >= 4 is 0 Å². The molecule has 3 aliphatic heterocycles. The monoisotopic (exact) mass is 403 g/mol. The third-order valence-corrected chi connectivity index (χ3v) is 8.92. The van der Waals surface area contributed by atoms with Crippen LogP contribution in [0.15, 0.2) is 23.7 Å². The maximum Gasteiger partial charge on any atom is 0.207 e. The van der Waals surface area contributed by atoms with Crippen LogP contribution in [0.1, 0.15) is 46.0 Å². The van der Waals surface area contributed by atoms with Gasteiger partial charge in [0.1, 0.15) is 5.76 Å². The van der Waals surface area contributed by atoms with E-state index in [4.69, 9.17) is 18.9 Å². The Labute approximate surface area is 172 Å². The summed E-state index contributed by atoms with van der Waals surface area (Å²) >= 11 is 0. The lowest BCUT2D eigenvalue weighted by atomic mass is 9.43. The predicted molar refractivity (Wildman–Crippen MR) is 106 cm³/mol. The van der Waals surface area contributed by atoms with Crippen LogP contribution in [0.3, 0.4) is 0 Å². The van der Waals surface area contributed by atoms with Gasteiger partial charge in [0.2, 0.25) is 5.79 Å². The molecule has 0 aromatic carbocycles. The second-order valence-corrected chi connectivity index (χ2v) is 10.3. The van der Waals surface area contributed by atoms with Gasteiger partial charge in [-0.2, -0.15) is 0 Å². The minimum Gasteiger partial charge on any atom is -0.493 e. The van der Waals surface area contributed by atoms with Crippen LogP contribution in [-0.2, 0) is 18.9 Å². The van der Waals surface area contributed by atoms with E-state index in [-0.39, 0.29) is 30.3 Å². The molecule has 6 rings (SSSR count). The number of hydrogen-bond acceptors (Lipinski definition) is 6. The van der Waals surface area contributed by atoms with Crippen LogP contribution < -0.4 is 0 Å². The van der Waals surface area contributed by atoms with Gasteiger partial charge in [-0.1, -0.05) is 6.08 Å². The third-order valence-electron chi connectivity index (χ3n) is 8.92. The molecule has 0 aromatic heterocycles. The van der Waals surface area contributed by atoms with Crippen LogP contribution in [0.2, 0.25) is 0 Å². The number of rotatable bonds is 1. The van der Waals surface area contributed by atoms with Crippen LogP contribution >= 0.6 is 0 Å². The minimum atomic E-state index is -0.806. The van der Waals surface area contributed by atoms with Crippen LogP contribution in [0.4, 0.5) is 0 Å². The Kier molecular flexibility index (Phi) is 3.72. The normalized spacial score (nSPS) is 55.6. The zero-order valence-corrected chi connectivity index (χ0v) is 17.9. The molecular weight excluding hydrogens is 370 g/mol. The largest absolute Gasteiger partial charge is 0.493 e. The topological polar surface area (TPSA) is 60.4 Å². The van der Waals surface area contributed by atoms with E-state index in [1.54, 1.807) is 7.11 Å². The number of hydrogen-bond donors (Lipinski definition) is 1. The fraction of sp³-hybridized carbons (Fsp3) is 0.826. The summed E-state index contributed by atoms with van der Waals surface area (Å²) in [5, 5.41) is 12.4. The molecule has 5 fully saturated rings. The van der Waals surface area contributed by atoms with Crippen molar-refractivity contribution in [1.82, 2.24) is 4.90 Å². The van der Waals surface area contributed by atoms with Crippen LogP contribution in [0.25, 0.3) is 0 Å². The predicted octanol–water partition coefficient (Wildman–Crippen LogP) is 2.57. The van der Waals surface area contributed by atoms with Gasteiger partial charge in [0.05, 0.1) is 30.3 Å². The Morgan fingerprint density at radius 2 is 1.90 bits per heavy atom. The first-order chi connectivity index (χ1) is 13.8. The van der Waals surface area contributed by atoms with Gasteiger partial charge in [0.25, 0.3) is 0 Å². The highest BCUT2D eigenvalue weighted by Crippen LogP contribution is 2.72. The molecule has 0 aromatic rings. The molecular formula is C23H33NO5. The summed E-state index contributed by atoms with van der Waals surface area (Å²) in [4.78, 5) is 2.37. The fourth-order valence-corrected chi connectivity index (χ4v) is 7.99. The molecule has 0 radical (unpaired) electrons. The summed E-state index contributed by atoms with van der Waals surface area (Å²) in [5.74, 6) is 1.37. The van der Waals surface area contributed by atoms with Gasteiger partial charge in [-0.3, -0.25) is 0 Å². The van der Waals surface area contributed by atoms with Gasteiger partial charge in [0, 0.05) is 18.4 Å². The number of aliphatic hydroxyl groups is 1. The molecule has 0 amide bonds. The second kappa shape index (κ2) is 5.78. The lowest BCUT2D eigenvalue weighted by Gasteiger charge is -2.68. The molecule has 1 N–H and O–H groups in total. The summed E-state index contributed by atoms with van der Waals surface area (Å²) in [7, 11) is 3.86. The van der Waals surface area contributed by atoms with Crippen molar-refractivity contribution in [2.45, 2.75) is 81.7 Å². The maximum absolute atomic E-state index is 12.4. The molecule has 2 spiro atoms. The first-order valence-electron chi connectivity index (χ1n) is 11.3. The molecule has 6 heteroatoms. The Balaban J connectivity index is 1.56. The summed E-state index contributed by atoms with van der Waals surface area (Å²) < 4.78 is 25.7. The number of fused-ring (bicyclic) bond motifs is 1. The van der Waals surface area contributed by atoms with E-state index < -0.39 is 16.8 Å². The quantitative estimate of drug-likeness (QED) is 0.726. The first kappa shape index (κ1) is 18.7. The molecule has 6 nitrogen and oxygen atoms in total. The van der Waals surface area contributed by atoms with Gasteiger partial charge in [-0.05, 0) is 65.1 Å². The molecule has 2 saturated carbocycles. The Bertz CT molecular complexity index is 784. The van der Waals surface area contributed by atoms with Gasteiger partial charge in [-0.15, -0.1) is 0 Å². The fourth-order valence-electron chi connectivity index (χ4n) is 7.99. The van der Waals surface area contributed by atoms with Crippen molar-refractivity contribution in [2.24, 2.45) is 17.3 Å². The van der Waals surface area contributed by atoms with E-state index in [1.807, 2.05) is 0 Å². The van der Waals surface area contributed by atoms with Crippen molar-refractivity contribution in [2.75, 3.05) is 20.7 Å². The van der Waals surface area contributed by atoms with Crippen molar-refractivity contribution in [1.29, 1.82) is 0 Å². The highest BCUT2D eigenvalue weighted by atomic mass is 16.7. The highest BCUT2D eigenvalue weighted by Gasteiger charge is 2.80. The third kappa shape index (κ3) is 2.07. The number of likely N-dealkylation sites (tertiary alicyclic amines) is 1.